The number of carbonyl (C=O) groups excluding carboxylic acids is 1. The van der Waals surface area contributed by atoms with Gasteiger partial charge in [-0.1, -0.05) is 30.0 Å². The molecule has 0 radical (unpaired) electrons. The van der Waals surface area contributed by atoms with Crippen LogP contribution in [0.25, 0.3) is 20.7 Å². The molecule has 2 aromatic heterocycles. The minimum atomic E-state index is -0.271. The molecule has 3 heterocycles. The molecule has 0 spiro atoms. The maximum atomic E-state index is 13.2. The van der Waals surface area contributed by atoms with E-state index in [0.29, 0.717) is 12.3 Å². The van der Waals surface area contributed by atoms with Gasteiger partial charge in [-0.05, 0) is 41.5 Å². The van der Waals surface area contributed by atoms with E-state index in [4.69, 9.17) is 9.47 Å². The van der Waals surface area contributed by atoms with Crippen molar-refractivity contribution in [2.75, 3.05) is 12.5 Å². The first-order valence-electron chi connectivity index (χ1n) is 9.44. The van der Waals surface area contributed by atoms with Crippen LogP contribution in [0, 0.1) is 5.82 Å². The number of halogens is 1. The van der Waals surface area contributed by atoms with Crippen LogP contribution in [-0.2, 0) is 11.3 Å². The molecule has 1 N–H and O–H groups in total. The molecule has 31 heavy (non-hydrogen) atoms. The Morgan fingerprint density at radius 2 is 1.94 bits per heavy atom. The number of nitrogens with zero attached hydrogens (tertiary/aromatic N) is 2. The van der Waals surface area contributed by atoms with Crippen molar-refractivity contribution >= 4 is 39.2 Å². The van der Waals surface area contributed by atoms with E-state index in [2.05, 4.69) is 15.3 Å². The molecule has 0 atom stereocenters. The monoisotopic (exact) mass is 453 g/mol. The minimum absolute atomic E-state index is 0.0928. The van der Waals surface area contributed by atoms with Crippen LogP contribution in [0.3, 0.4) is 0 Å². The van der Waals surface area contributed by atoms with Gasteiger partial charge in [0.25, 0.3) is 0 Å². The Morgan fingerprint density at radius 1 is 1.10 bits per heavy atom. The molecule has 1 amide bonds. The molecule has 6 nitrogen and oxygen atoms in total. The zero-order valence-corrected chi connectivity index (χ0v) is 17.8. The fourth-order valence-corrected chi connectivity index (χ4v) is 5.16. The molecule has 0 fully saturated rings. The summed E-state index contributed by atoms with van der Waals surface area (Å²) in [6.07, 6.45) is 1.50. The Hall–Kier alpha value is -3.17. The fourth-order valence-electron chi connectivity index (χ4n) is 3.13. The van der Waals surface area contributed by atoms with Gasteiger partial charge in [-0.25, -0.2) is 14.4 Å². The average molecular weight is 454 g/mol. The summed E-state index contributed by atoms with van der Waals surface area (Å²) < 4.78 is 24.8. The van der Waals surface area contributed by atoms with Gasteiger partial charge in [0, 0.05) is 11.4 Å². The van der Waals surface area contributed by atoms with Crippen LogP contribution < -0.4 is 14.8 Å². The fraction of sp³-hybridized carbons (Fsp3) is 0.136. The van der Waals surface area contributed by atoms with E-state index in [0.717, 1.165) is 37.0 Å². The lowest BCUT2D eigenvalue weighted by Gasteiger charge is -2.06. The second kappa shape index (κ2) is 8.52. The van der Waals surface area contributed by atoms with Gasteiger partial charge in [0.05, 0.1) is 16.0 Å². The molecule has 0 aliphatic carbocycles. The highest BCUT2D eigenvalue weighted by molar-refractivity contribution is 8.00. The van der Waals surface area contributed by atoms with Crippen molar-refractivity contribution in [3.8, 4) is 21.9 Å². The number of hydrogen-bond donors (Lipinski definition) is 1. The molecule has 0 saturated carbocycles. The number of thioether (sulfide) groups is 1. The zero-order chi connectivity index (χ0) is 21.2. The normalized spacial score (nSPS) is 12.3. The van der Waals surface area contributed by atoms with Gasteiger partial charge in [-0.15, -0.1) is 11.3 Å². The van der Waals surface area contributed by atoms with Gasteiger partial charge < -0.3 is 14.8 Å². The largest absolute Gasteiger partial charge is 0.454 e. The first-order valence-corrected chi connectivity index (χ1v) is 11.2. The van der Waals surface area contributed by atoms with Crippen molar-refractivity contribution in [3.05, 3.63) is 66.2 Å². The van der Waals surface area contributed by atoms with Crippen molar-refractivity contribution < 1.29 is 18.7 Å². The average Bonchev–Trinajstić information content (AvgIpc) is 3.43. The quantitative estimate of drug-likeness (QED) is 0.339. The summed E-state index contributed by atoms with van der Waals surface area (Å²) in [4.78, 5) is 22.0. The summed E-state index contributed by atoms with van der Waals surface area (Å²) in [6, 6.07) is 13.9. The topological polar surface area (TPSA) is 73.3 Å². The maximum Gasteiger partial charge on any atom is 0.231 e. The van der Waals surface area contributed by atoms with E-state index in [1.807, 2.05) is 24.3 Å². The van der Waals surface area contributed by atoms with Crippen molar-refractivity contribution in [3.63, 3.8) is 0 Å². The summed E-state index contributed by atoms with van der Waals surface area (Å²) >= 11 is 2.90. The number of thiophene rings is 1. The van der Waals surface area contributed by atoms with E-state index in [-0.39, 0.29) is 24.3 Å². The summed E-state index contributed by atoms with van der Waals surface area (Å²) in [5, 5.41) is 3.66. The number of hydrogen-bond acceptors (Lipinski definition) is 7. The van der Waals surface area contributed by atoms with Crippen molar-refractivity contribution in [1.82, 2.24) is 15.3 Å². The van der Waals surface area contributed by atoms with Crippen LogP contribution >= 0.6 is 23.1 Å². The highest BCUT2D eigenvalue weighted by Gasteiger charge is 2.15. The van der Waals surface area contributed by atoms with Gasteiger partial charge in [-0.2, -0.15) is 0 Å². The summed E-state index contributed by atoms with van der Waals surface area (Å²) in [7, 11) is 0. The molecule has 5 rings (SSSR count). The molecule has 2 aromatic carbocycles. The number of benzene rings is 2. The first kappa shape index (κ1) is 19.8. The van der Waals surface area contributed by atoms with E-state index in [9.17, 15) is 9.18 Å². The van der Waals surface area contributed by atoms with Crippen LogP contribution in [0.4, 0.5) is 4.39 Å². The molecule has 0 bridgehead atoms. The van der Waals surface area contributed by atoms with Crippen LogP contribution in [0.2, 0.25) is 0 Å². The SMILES string of the molecule is O=C(CSc1ncnc2cc(-c3ccc(F)cc3)sc12)NCc1ccc2c(c1)OCO2. The van der Waals surface area contributed by atoms with Crippen LogP contribution in [-0.4, -0.2) is 28.4 Å². The highest BCUT2D eigenvalue weighted by Crippen LogP contribution is 2.37. The maximum absolute atomic E-state index is 13.2. The smallest absolute Gasteiger partial charge is 0.231 e. The Labute approximate surface area is 185 Å². The number of nitrogens with one attached hydrogen (secondary N) is 1. The van der Waals surface area contributed by atoms with E-state index >= 15 is 0 Å². The molecular weight excluding hydrogens is 437 g/mol. The predicted molar refractivity (Wildman–Crippen MR) is 118 cm³/mol. The number of ether oxygens (including phenoxy) is 2. The van der Waals surface area contributed by atoms with E-state index in [1.54, 1.807) is 12.1 Å². The number of carbonyl (C=O) groups is 1. The highest BCUT2D eigenvalue weighted by atomic mass is 32.2. The standard InChI is InChI=1S/C22H16FN3O3S2/c23-15-4-2-14(3-5-15)19-8-16-21(31-19)22(26-11-25-16)30-10-20(27)24-9-13-1-6-17-18(7-13)29-12-28-17/h1-8,11H,9-10,12H2,(H,24,27). The molecule has 156 valence electrons. The molecule has 9 heteroatoms. The van der Waals surface area contributed by atoms with E-state index in [1.165, 1.54) is 41.6 Å². The van der Waals surface area contributed by atoms with Crippen molar-refractivity contribution in [2.45, 2.75) is 11.6 Å². The lowest BCUT2D eigenvalue weighted by atomic mass is 10.2. The van der Waals surface area contributed by atoms with Crippen molar-refractivity contribution in [1.29, 1.82) is 0 Å². The molecule has 0 saturated heterocycles. The molecule has 0 unspecified atom stereocenters. The minimum Gasteiger partial charge on any atom is -0.454 e. The number of rotatable bonds is 6. The van der Waals surface area contributed by atoms with E-state index < -0.39 is 0 Å². The Kier molecular flexibility index (Phi) is 5.44. The molecule has 4 aromatic rings. The lowest BCUT2D eigenvalue weighted by molar-refractivity contribution is -0.118. The molecular formula is C22H16FN3O3S2. The number of aromatic nitrogens is 2. The molecule has 1 aliphatic heterocycles. The van der Waals surface area contributed by atoms with Gasteiger partial charge in [-0.3, -0.25) is 4.79 Å². The first-order chi connectivity index (χ1) is 15.2. The summed E-state index contributed by atoms with van der Waals surface area (Å²) in [6.45, 7) is 0.629. The Morgan fingerprint density at radius 3 is 2.81 bits per heavy atom. The third-order valence-electron chi connectivity index (χ3n) is 4.67. The van der Waals surface area contributed by atoms with Gasteiger partial charge >= 0.3 is 0 Å². The zero-order valence-electron chi connectivity index (χ0n) is 16.1. The summed E-state index contributed by atoms with van der Waals surface area (Å²) in [5.41, 5.74) is 2.67. The van der Waals surface area contributed by atoms with Crippen molar-refractivity contribution in [2.24, 2.45) is 0 Å². The third kappa shape index (κ3) is 4.33. The van der Waals surface area contributed by atoms with Gasteiger partial charge in [0.15, 0.2) is 11.5 Å². The van der Waals surface area contributed by atoms with Gasteiger partial charge in [0.2, 0.25) is 12.7 Å². The second-order valence-corrected chi connectivity index (χ2v) is 8.78. The Bertz CT molecular complexity index is 1260. The predicted octanol–water partition coefficient (Wildman–Crippen LogP) is 4.63. The van der Waals surface area contributed by atoms with Gasteiger partial charge in [0.1, 0.15) is 17.2 Å². The second-order valence-electron chi connectivity index (χ2n) is 6.76. The van der Waals surface area contributed by atoms with Crippen LogP contribution in [0.1, 0.15) is 5.56 Å². The summed E-state index contributed by atoms with van der Waals surface area (Å²) in [5.74, 6) is 1.28. The van der Waals surface area contributed by atoms with Crippen LogP contribution in [0.5, 0.6) is 11.5 Å². The Balaban J connectivity index is 1.24. The van der Waals surface area contributed by atoms with Crippen LogP contribution in [0.15, 0.2) is 59.9 Å². The molecule has 1 aliphatic rings. The lowest BCUT2D eigenvalue weighted by Crippen LogP contribution is -2.24. The number of amides is 1. The number of fused-ring (bicyclic) bond motifs is 2. The third-order valence-corrected chi connectivity index (χ3v) is 6.97.